The minimum absolute atomic E-state index is 0.134. The molecule has 0 aliphatic rings. The van der Waals surface area contributed by atoms with E-state index in [9.17, 15) is 4.79 Å². The number of aromatic amines is 2. The molecule has 1 aromatic carbocycles. The van der Waals surface area contributed by atoms with Crippen molar-refractivity contribution in [2.24, 2.45) is 0 Å². The number of hydrogen-bond donors (Lipinski definition) is 2. The minimum atomic E-state index is -0.192. The molecular weight excluding hydrogens is 272 g/mol. The fourth-order valence-corrected chi connectivity index (χ4v) is 2.65. The normalized spacial score (nSPS) is 12.8. The maximum atomic E-state index is 11.8. The first-order valence-electron chi connectivity index (χ1n) is 6.83. The topological polar surface area (TPSA) is 56.8 Å². The number of likely N-dealkylation sites (N-methyl/N-ethyl adjacent to an activating group) is 1. The standard InChI is InChI=1S/C14H20N4OS/c1-3-17(4-2)12(11-8-6-5-7-9-11)10-18-13(19)15-16-14(18)20/h5-9,12H,3-4,10H2,1-2H3,(H,15,19)(H,16,20). The second-order valence-corrected chi connectivity index (χ2v) is 5.01. The van der Waals surface area contributed by atoms with Crippen molar-refractivity contribution >= 4 is 12.2 Å². The Hall–Kier alpha value is -1.66. The molecule has 108 valence electrons. The number of benzene rings is 1. The van der Waals surface area contributed by atoms with E-state index in [1.54, 1.807) is 4.57 Å². The molecule has 0 radical (unpaired) electrons. The molecule has 0 aliphatic carbocycles. The van der Waals surface area contributed by atoms with Crippen LogP contribution in [0.1, 0.15) is 25.5 Å². The summed E-state index contributed by atoms with van der Waals surface area (Å²) in [4.78, 5) is 14.1. The van der Waals surface area contributed by atoms with Crippen LogP contribution in [0.15, 0.2) is 35.1 Å². The molecule has 2 N–H and O–H groups in total. The van der Waals surface area contributed by atoms with E-state index in [2.05, 4.69) is 41.1 Å². The molecule has 0 saturated heterocycles. The van der Waals surface area contributed by atoms with Gasteiger partial charge in [0.25, 0.3) is 0 Å². The van der Waals surface area contributed by atoms with Crippen molar-refractivity contribution in [3.63, 3.8) is 0 Å². The summed E-state index contributed by atoms with van der Waals surface area (Å²) in [5, 5.41) is 5.22. The van der Waals surface area contributed by atoms with Gasteiger partial charge in [-0.1, -0.05) is 44.2 Å². The van der Waals surface area contributed by atoms with E-state index in [0.717, 1.165) is 13.1 Å². The van der Waals surface area contributed by atoms with E-state index in [1.165, 1.54) is 5.56 Å². The molecule has 2 rings (SSSR count). The van der Waals surface area contributed by atoms with Gasteiger partial charge in [-0.25, -0.2) is 9.89 Å². The van der Waals surface area contributed by atoms with Gasteiger partial charge in [-0.15, -0.1) is 0 Å². The molecule has 1 atom stereocenters. The van der Waals surface area contributed by atoms with E-state index in [1.807, 2.05) is 18.2 Å². The summed E-state index contributed by atoms with van der Waals surface area (Å²) < 4.78 is 2.01. The maximum absolute atomic E-state index is 11.8. The molecule has 0 spiro atoms. The third-order valence-corrected chi connectivity index (χ3v) is 3.88. The molecule has 1 unspecified atom stereocenters. The Balaban J connectivity index is 2.37. The monoisotopic (exact) mass is 292 g/mol. The van der Waals surface area contributed by atoms with Gasteiger partial charge in [-0.05, 0) is 30.9 Å². The number of hydrogen-bond acceptors (Lipinski definition) is 3. The van der Waals surface area contributed by atoms with Gasteiger partial charge in [0, 0.05) is 6.54 Å². The first-order valence-corrected chi connectivity index (χ1v) is 7.24. The van der Waals surface area contributed by atoms with Gasteiger partial charge < -0.3 is 0 Å². The van der Waals surface area contributed by atoms with Crippen molar-refractivity contribution in [3.8, 4) is 0 Å². The van der Waals surface area contributed by atoms with Crippen molar-refractivity contribution in [2.45, 2.75) is 26.4 Å². The largest absolute Gasteiger partial charge is 0.342 e. The summed E-state index contributed by atoms with van der Waals surface area (Å²) in [6.07, 6.45) is 0. The SMILES string of the molecule is CCN(CC)C(Cn1c(=O)[nH][nH]c1=S)c1ccccc1. The first-order chi connectivity index (χ1) is 9.67. The van der Waals surface area contributed by atoms with Crippen molar-refractivity contribution in [1.29, 1.82) is 0 Å². The van der Waals surface area contributed by atoms with Crippen LogP contribution in [0, 0.1) is 4.77 Å². The quantitative estimate of drug-likeness (QED) is 0.803. The van der Waals surface area contributed by atoms with Crippen LogP contribution in [0.4, 0.5) is 0 Å². The lowest BCUT2D eigenvalue weighted by Crippen LogP contribution is -2.34. The van der Waals surface area contributed by atoms with Crippen LogP contribution in [0.25, 0.3) is 0 Å². The maximum Gasteiger partial charge on any atom is 0.342 e. The summed E-state index contributed by atoms with van der Waals surface area (Å²) in [6, 6.07) is 10.4. The molecule has 0 aliphatic heterocycles. The van der Waals surface area contributed by atoms with Crippen molar-refractivity contribution < 1.29 is 0 Å². The molecule has 0 saturated carbocycles. The number of nitrogens with zero attached hydrogens (tertiary/aromatic N) is 2. The number of aromatic nitrogens is 3. The predicted octanol–water partition coefficient (Wildman–Crippen LogP) is 2.32. The van der Waals surface area contributed by atoms with Gasteiger partial charge in [0.15, 0.2) is 4.77 Å². The lowest BCUT2D eigenvalue weighted by Gasteiger charge is -2.30. The summed E-state index contributed by atoms with van der Waals surface area (Å²) in [5.41, 5.74) is 1.00. The van der Waals surface area contributed by atoms with Crippen LogP contribution >= 0.6 is 12.2 Å². The van der Waals surface area contributed by atoms with E-state index in [4.69, 9.17) is 12.2 Å². The Morgan fingerprint density at radius 1 is 1.20 bits per heavy atom. The number of nitrogens with one attached hydrogen (secondary N) is 2. The highest BCUT2D eigenvalue weighted by Gasteiger charge is 2.19. The zero-order chi connectivity index (χ0) is 14.5. The molecule has 5 nitrogen and oxygen atoms in total. The Morgan fingerprint density at radius 3 is 2.35 bits per heavy atom. The smallest absolute Gasteiger partial charge is 0.295 e. The second kappa shape index (κ2) is 6.67. The molecule has 0 amide bonds. The zero-order valence-corrected chi connectivity index (χ0v) is 12.6. The van der Waals surface area contributed by atoms with E-state index < -0.39 is 0 Å². The van der Waals surface area contributed by atoms with E-state index in [-0.39, 0.29) is 11.7 Å². The fourth-order valence-electron chi connectivity index (χ4n) is 2.44. The number of rotatable bonds is 6. The molecule has 1 heterocycles. The van der Waals surface area contributed by atoms with Gasteiger partial charge in [-0.3, -0.25) is 14.6 Å². The van der Waals surface area contributed by atoms with Crippen LogP contribution in [0.2, 0.25) is 0 Å². The van der Waals surface area contributed by atoms with Crippen LogP contribution in [0.3, 0.4) is 0 Å². The Labute approximate surface area is 123 Å². The van der Waals surface area contributed by atoms with Gasteiger partial charge >= 0.3 is 5.69 Å². The third kappa shape index (κ3) is 3.08. The highest BCUT2D eigenvalue weighted by atomic mass is 32.1. The minimum Gasteiger partial charge on any atom is -0.295 e. The van der Waals surface area contributed by atoms with Crippen molar-refractivity contribution in [3.05, 3.63) is 51.2 Å². The predicted molar refractivity (Wildman–Crippen MR) is 82.3 cm³/mol. The number of H-pyrrole nitrogens is 2. The molecular formula is C14H20N4OS. The van der Waals surface area contributed by atoms with Crippen molar-refractivity contribution in [1.82, 2.24) is 19.7 Å². The average Bonchev–Trinajstić information content (AvgIpc) is 2.80. The van der Waals surface area contributed by atoms with E-state index in [0.29, 0.717) is 11.3 Å². The molecule has 20 heavy (non-hydrogen) atoms. The highest BCUT2D eigenvalue weighted by Crippen LogP contribution is 2.21. The third-order valence-electron chi connectivity index (χ3n) is 3.56. The van der Waals surface area contributed by atoms with Gasteiger partial charge in [0.1, 0.15) is 0 Å². The summed E-state index contributed by atoms with van der Waals surface area (Å²) >= 11 is 5.16. The van der Waals surface area contributed by atoms with E-state index >= 15 is 0 Å². The molecule has 0 bridgehead atoms. The Morgan fingerprint density at radius 2 is 1.85 bits per heavy atom. The first kappa shape index (κ1) is 14.7. The summed E-state index contributed by atoms with van der Waals surface area (Å²) in [7, 11) is 0. The Kier molecular flexibility index (Phi) is 4.92. The second-order valence-electron chi connectivity index (χ2n) is 4.62. The van der Waals surface area contributed by atoms with Crippen LogP contribution in [-0.4, -0.2) is 32.8 Å². The van der Waals surface area contributed by atoms with Gasteiger partial charge in [0.05, 0.1) is 6.04 Å². The van der Waals surface area contributed by atoms with Crippen LogP contribution in [-0.2, 0) is 6.54 Å². The molecule has 0 fully saturated rings. The van der Waals surface area contributed by atoms with Crippen LogP contribution < -0.4 is 5.69 Å². The fraction of sp³-hybridized carbons (Fsp3) is 0.429. The summed E-state index contributed by atoms with van der Waals surface area (Å²) in [5.74, 6) is 0. The lowest BCUT2D eigenvalue weighted by atomic mass is 10.1. The summed E-state index contributed by atoms with van der Waals surface area (Å²) in [6.45, 7) is 6.64. The molecule has 2 aromatic rings. The lowest BCUT2D eigenvalue weighted by molar-refractivity contribution is 0.196. The zero-order valence-electron chi connectivity index (χ0n) is 11.8. The average molecular weight is 292 g/mol. The molecule has 6 heteroatoms. The van der Waals surface area contributed by atoms with Crippen LogP contribution in [0.5, 0.6) is 0 Å². The molecule has 1 aromatic heterocycles. The Bertz CT molecular complexity index is 611. The van der Waals surface area contributed by atoms with Gasteiger partial charge in [0.2, 0.25) is 0 Å². The highest BCUT2D eigenvalue weighted by molar-refractivity contribution is 7.71. The van der Waals surface area contributed by atoms with Gasteiger partial charge in [-0.2, -0.15) is 0 Å². The van der Waals surface area contributed by atoms with Crippen molar-refractivity contribution in [2.75, 3.05) is 13.1 Å².